The maximum Gasteiger partial charge on any atom is 0.262 e. The van der Waals surface area contributed by atoms with Gasteiger partial charge < -0.3 is 10.1 Å². The molecule has 0 atom stereocenters. The number of ether oxygens (including phenoxy) is 1. The Morgan fingerprint density at radius 3 is 2.16 bits per heavy atom. The molecule has 0 fully saturated rings. The third-order valence-electron chi connectivity index (χ3n) is 4.56. The molecule has 32 heavy (non-hydrogen) atoms. The van der Waals surface area contributed by atoms with Crippen molar-refractivity contribution in [3.8, 4) is 5.75 Å². The van der Waals surface area contributed by atoms with E-state index in [2.05, 4.69) is 14.8 Å². The van der Waals surface area contributed by atoms with E-state index in [-0.39, 0.29) is 22.3 Å². The number of rotatable bonds is 10. The molecule has 0 saturated carbocycles. The average molecular weight is 484 g/mol. The zero-order valence-corrected chi connectivity index (χ0v) is 20.4. The highest BCUT2D eigenvalue weighted by molar-refractivity contribution is 7.89. The monoisotopic (exact) mass is 483 g/mol. The minimum atomic E-state index is -3.65. The van der Waals surface area contributed by atoms with Crippen LogP contribution in [0.15, 0.2) is 46.2 Å². The number of carbonyl (C=O) groups excluding carboxylic acids is 1. The van der Waals surface area contributed by atoms with E-state index >= 15 is 0 Å². The Kier molecular flexibility index (Phi) is 8.41. The van der Waals surface area contributed by atoms with Gasteiger partial charge in [-0.3, -0.25) is 4.79 Å². The van der Waals surface area contributed by atoms with Gasteiger partial charge in [0.1, 0.15) is 5.75 Å². The summed E-state index contributed by atoms with van der Waals surface area (Å²) in [7, 11) is -5.97. The predicted octanol–water partition coefficient (Wildman–Crippen LogP) is 2.16. The number of amides is 1. The number of nitrogens with one attached hydrogen (secondary N) is 3. The van der Waals surface area contributed by atoms with Crippen molar-refractivity contribution in [2.24, 2.45) is 5.92 Å². The standard InChI is InChI=1S/C21H29N3O6S2/c1-14(2)12-23-32(28,29)17-8-9-20(16(4)10-17)30-13-21(25)24-19-11-18(7-6-15(19)3)31(26,27)22-5/h6-11,14,22-23H,12-13H2,1-5H3,(H,24,25). The summed E-state index contributed by atoms with van der Waals surface area (Å²) in [4.78, 5) is 12.5. The van der Waals surface area contributed by atoms with Gasteiger partial charge in [-0.05, 0) is 68.3 Å². The van der Waals surface area contributed by atoms with Crippen LogP contribution in [0, 0.1) is 19.8 Å². The van der Waals surface area contributed by atoms with Crippen LogP contribution in [0.4, 0.5) is 5.69 Å². The fraction of sp³-hybridized carbons (Fsp3) is 0.381. The smallest absolute Gasteiger partial charge is 0.262 e. The summed E-state index contributed by atoms with van der Waals surface area (Å²) in [6.45, 7) is 7.24. The molecule has 0 radical (unpaired) electrons. The van der Waals surface area contributed by atoms with Crippen molar-refractivity contribution in [1.29, 1.82) is 0 Å². The molecule has 2 rings (SSSR count). The Hall–Kier alpha value is -2.47. The lowest BCUT2D eigenvalue weighted by Crippen LogP contribution is -2.27. The van der Waals surface area contributed by atoms with Crippen molar-refractivity contribution in [2.45, 2.75) is 37.5 Å². The van der Waals surface area contributed by atoms with E-state index in [1.165, 1.54) is 37.4 Å². The fourth-order valence-corrected chi connectivity index (χ4v) is 4.72. The van der Waals surface area contributed by atoms with Gasteiger partial charge in [-0.25, -0.2) is 26.3 Å². The molecule has 9 nitrogen and oxygen atoms in total. The Bertz CT molecular complexity index is 1190. The van der Waals surface area contributed by atoms with E-state index in [0.29, 0.717) is 29.1 Å². The Morgan fingerprint density at radius 1 is 0.938 bits per heavy atom. The van der Waals surface area contributed by atoms with Crippen molar-refractivity contribution in [3.63, 3.8) is 0 Å². The average Bonchev–Trinajstić information content (AvgIpc) is 2.72. The van der Waals surface area contributed by atoms with Crippen molar-refractivity contribution in [1.82, 2.24) is 9.44 Å². The molecule has 1 amide bonds. The minimum Gasteiger partial charge on any atom is -0.483 e. The summed E-state index contributed by atoms with van der Waals surface area (Å²) in [6, 6.07) is 8.80. The zero-order chi connectivity index (χ0) is 24.1. The van der Waals surface area contributed by atoms with E-state index < -0.39 is 26.0 Å². The zero-order valence-electron chi connectivity index (χ0n) is 18.7. The van der Waals surface area contributed by atoms with Gasteiger partial charge >= 0.3 is 0 Å². The van der Waals surface area contributed by atoms with Crippen LogP contribution in [-0.4, -0.2) is 42.9 Å². The lowest BCUT2D eigenvalue weighted by Gasteiger charge is -2.14. The molecule has 0 aliphatic carbocycles. The summed E-state index contributed by atoms with van der Waals surface area (Å²) >= 11 is 0. The highest BCUT2D eigenvalue weighted by atomic mass is 32.2. The van der Waals surface area contributed by atoms with Crippen molar-refractivity contribution < 1.29 is 26.4 Å². The summed E-state index contributed by atoms with van der Waals surface area (Å²) in [6.07, 6.45) is 0. The number of hydrogen-bond acceptors (Lipinski definition) is 6. The number of carbonyl (C=O) groups is 1. The lowest BCUT2D eigenvalue weighted by atomic mass is 10.2. The quantitative estimate of drug-likeness (QED) is 0.475. The molecule has 0 saturated heterocycles. The highest BCUT2D eigenvalue weighted by Crippen LogP contribution is 2.23. The second-order valence-corrected chi connectivity index (χ2v) is 11.3. The molecule has 0 aliphatic rings. The summed E-state index contributed by atoms with van der Waals surface area (Å²) < 4.78 is 59.0. The first-order chi connectivity index (χ1) is 14.9. The second kappa shape index (κ2) is 10.4. The van der Waals surface area contributed by atoms with Gasteiger partial charge in [-0.15, -0.1) is 0 Å². The normalized spacial score (nSPS) is 12.1. The van der Waals surface area contributed by atoms with Gasteiger partial charge in [-0.1, -0.05) is 19.9 Å². The molecule has 2 aromatic carbocycles. The van der Waals surface area contributed by atoms with Crippen LogP contribution < -0.4 is 19.5 Å². The van der Waals surface area contributed by atoms with Gasteiger partial charge in [0, 0.05) is 12.2 Å². The second-order valence-electron chi connectivity index (χ2n) is 7.69. The third-order valence-corrected chi connectivity index (χ3v) is 7.39. The maximum absolute atomic E-state index is 12.4. The van der Waals surface area contributed by atoms with Gasteiger partial charge in [0.15, 0.2) is 6.61 Å². The first-order valence-electron chi connectivity index (χ1n) is 9.93. The number of aryl methyl sites for hydroxylation is 2. The topological polar surface area (TPSA) is 131 Å². The molecule has 0 aliphatic heterocycles. The fourth-order valence-electron chi connectivity index (χ4n) is 2.66. The van der Waals surface area contributed by atoms with Crippen molar-refractivity contribution in [2.75, 3.05) is 25.5 Å². The van der Waals surface area contributed by atoms with Gasteiger partial charge in [-0.2, -0.15) is 0 Å². The minimum absolute atomic E-state index is 0.0283. The SMILES string of the molecule is CNS(=O)(=O)c1ccc(C)c(NC(=O)COc2ccc(S(=O)(=O)NCC(C)C)cc2C)c1. The Balaban J connectivity index is 2.07. The van der Waals surface area contributed by atoms with Crippen LogP contribution in [0.3, 0.4) is 0 Å². The lowest BCUT2D eigenvalue weighted by molar-refractivity contribution is -0.118. The predicted molar refractivity (Wildman–Crippen MR) is 123 cm³/mol. The van der Waals surface area contributed by atoms with Crippen molar-refractivity contribution >= 4 is 31.6 Å². The number of sulfonamides is 2. The van der Waals surface area contributed by atoms with Crippen LogP contribution in [0.25, 0.3) is 0 Å². The number of anilines is 1. The van der Waals surface area contributed by atoms with Crippen molar-refractivity contribution in [3.05, 3.63) is 47.5 Å². The molecule has 2 aromatic rings. The van der Waals surface area contributed by atoms with E-state index in [9.17, 15) is 21.6 Å². The van der Waals surface area contributed by atoms with Crippen LogP contribution in [-0.2, 0) is 24.8 Å². The number of benzene rings is 2. The van der Waals surface area contributed by atoms with E-state index in [1.807, 2.05) is 13.8 Å². The largest absolute Gasteiger partial charge is 0.483 e. The van der Waals surface area contributed by atoms with Gasteiger partial charge in [0.2, 0.25) is 20.0 Å². The Labute approximate surface area is 189 Å². The first-order valence-corrected chi connectivity index (χ1v) is 12.9. The highest BCUT2D eigenvalue weighted by Gasteiger charge is 2.17. The molecular weight excluding hydrogens is 454 g/mol. The molecule has 0 unspecified atom stereocenters. The summed E-state index contributed by atoms with van der Waals surface area (Å²) in [5.41, 5.74) is 1.60. The van der Waals surface area contributed by atoms with Crippen LogP contribution in [0.1, 0.15) is 25.0 Å². The molecular formula is C21H29N3O6S2. The van der Waals surface area contributed by atoms with Crippen LogP contribution in [0.5, 0.6) is 5.75 Å². The molecule has 0 aromatic heterocycles. The molecule has 3 N–H and O–H groups in total. The van der Waals surface area contributed by atoms with Crippen LogP contribution in [0.2, 0.25) is 0 Å². The summed E-state index contributed by atoms with van der Waals surface area (Å²) in [5, 5.41) is 2.64. The van der Waals surface area contributed by atoms with Gasteiger partial charge in [0.05, 0.1) is 9.79 Å². The van der Waals surface area contributed by atoms with E-state index in [4.69, 9.17) is 4.74 Å². The number of hydrogen-bond donors (Lipinski definition) is 3. The van der Waals surface area contributed by atoms with E-state index in [1.54, 1.807) is 19.9 Å². The Morgan fingerprint density at radius 2 is 1.56 bits per heavy atom. The molecule has 0 heterocycles. The maximum atomic E-state index is 12.4. The summed E-state index contributed by atoms with van der Waals surface area (Å²) in [5.74, 6) is 0.0580. The molecule has 0 spiro atoms. The molecule has 0 bridgehead atoms. The third kappa shape index (κ3) is 6.76. The first kappa shape index (κ1) is 25.8. The van der Waals surface area contributed by atoms with E-state index in [0.717, 1.165) is 0 Å². The molecule has 11 heteroatoms. The molecule has 176 valence electrons. The van der Waals surface area contributed by atoms with Crippen LogP contribution >= 0.6 is 0 Å². The van der Waals surface area contributed by atoms with Gasteiger partial charge in [0.25, 0.3) is 5.91 Å².